The minimum Gasteiger partial charge on any atom is -0.326 e. The molecule has 0 bridgehead atoms. The van der Waals surface area contributed by atoms with Gasteiger partial charge in [0.05, 0.1) is 16.6 Å². The van der Waals surface area contributed by atoms with Crippen molar-refractivity contribution in [2.24, 2.45) is 0 Å². The monoisotopic (exact) mass is 336 g/mol. The number of nitrogens with zero attached hydrogens (tertiary/aromatic N) is 1. The highest BCUT2D eigenvalue weighted by molar-refractivity contribution is 7.09. The minimum absolute atomic E-state index is 0.0287. The van der Waals surface area contributed by atoms with Gasteiger partial charge >= 0.3 is 0 Å². The summed E-state index contributed by atoms with van der Waals surface area (Å²) in [7, 11) is 0. The number of amides is 1. The van der Waals surface area contributed by atoms with Gasteiger partial charge in [0.1, 0.15) is 0 Å². The maximum atomic E-state index is 12.6. The number of aromatic nitrogens is 1. The van der Waals surface area contributed by atoms with Gasteiger partial charge in [-0.3, -0.25) is 4.79 Å². The number of rotatable bonds is 5. The van der Waals surface area contributed by atoms with Crippen molar-refractivity contribution < 1.29 is 4.79 Å². The van der Waals surface area contributed by atoms with Gasteiger partial charge in [0, 0.05) is 16.6 Å². The van der Waals surface area contributed by atoms with Gasteiger partial charge in [0.2, 0.25) is 5.91 Å². The molecule has 122 valence electrons. The summed E-state index contributed by atoms with van der Waals surface area (Å²) in [6.45, 7) is 4.03. The molecular formula is C20H20N2OS. The summed E-state index contributed by atoms with van der Waals surface area (Å²) in [4.78, 5) is 17.1. The Morgan fingerprint density at radius 1 is 1.12 bits per heavy atom. The van der Waals surface area contributed by atoms with E-state index in [4.69, 9.17) is 0 Å². The largest absolute Gasteiger partial charge is 0.326 e. The van der Waals surface area contributed by atoms with Crippen molar-refractivity contribution >= 4 is 22.9 Å². The zero-order valence-corrected chi connectivity index (χ0v) is 14.6. The van der Waals surface area contributed by atoms with Crippen LogP contribution in [0.1, 0.15) is 29.8 Å². The molecular weight excluding hydrogens is 316 g/mol. The van der Waals surface area contributed by atoms with E-state index in [1.54, 1.807) is 11.3 Å². The van der Waals surface area contributed by atoms with Crippen LogP contribution in [0.5, 0.6) is 0 Å². The first kappa shape index (κ1) is 16.4. The van der Waals surface area contributed by atoms with E-state index in [-0.39, 0.29) is 11.8 Å². The normalized spacial score (nSPS) is 11.9. The second kappa shape index (κ2) is 7.41. The van der Waals surface area contributed by atoms with Crippen molar-refractivity contribution in [3.05, 3.63) is 70.5 Å². The number of anilines is 1. The molecule has 1 heterocycles. The Hall–Kier alpha value is -2.46. The maximum Gasteiger partial charge on any atom is 0.231 e. The van der Waals surface area contributed by atoms with Gasteiger partial charge in [-0.25, -0.2) is 4.98 Å². The summed E-state index contributed by atoms with van der Waals surface area (Å²) in [5.74, 6) is -0.104. The first-order chi connectivity index (χ1) is 11.7. The average Bonchev–Trinajstić information content (AvgIpc) is 3.04. The van der Waals surface area contributed by atoms with Crippen LogP contribution in [-0.4, -0.2) is 10.9 Å². The summed E-state index contributed by atoms with van der Waals surface area (Å²) in [5.41, 5.74) is 3.90. The van der Waals surface area contributed by atoms with Crippen molar-refractivity contribution in [2.75, 3.05) is 5.32 Å². The highest BCUT2D eigenvalue weighted by atomic mass is 32.1. The van der Waals surface area contributed by atoms with Gasteiger partial charge in [0.25, 0.3) is 0 Å². The fraction of sp³-hybridized carbons (Fsp3) is 0.200. The Bertz CT molecular complexity index is 809. The predicted molar refractivity (Wildman–Crippen MR) is 100 cm³/mol. The molecule has 0 radical (unpaired) electrons. The Labute approximate surface area is 146 Å². The minimum atomic E-state index is -0.132. The molecule has 0 fully saturated rings. The Balaban J connectivity index is 1.72. The lowest BCUT2D eigenvalue weighted by atomic mass is 9.95. The van der Waals surface area contributed by atoms with E-state index in [9.17, 15) is 4.79 Å². The molecule has 2 aromatic carbocycles. The molecule has 0 spiro atoms. The topological polar surface area (TPSA) is 42.0 Å². The third-order valence-electron chi connectivity index (χ3n) is 3.99. The molecule has 1 amide bonds. The lowest BCUT2D eigenvalue weighted by molar-refractivity contribution is -0.117. The number of thiazole rings is 1. The van der Waals surface area contributed by atoms with Crippen LogP contribution in [0, 0.1) is 6.92 Å². The van der Waals surface area contributed by atoms with E-state index in [0.717, 1.165) is 33.9 Å². The second-order valence-corrected chi connectivity index (χ2v) is 6.75. The van der Waals surface area contributed by atoms with Crippen LogP contribution in [0.3, 0.4) is 0 Å². The van der Waals surface area contributed by atoms with Gasteiger partial charge < -0.3 is 5.32 Å². The van der Waals surface area contributed by atoms with E-state index in [1.807, 2.05) is 73.8 Å². The molecule has 0 saturated carbocycles. The van der Waals surface area contributed by atoms with E-state index < -0.39 is 0 Å². The maximum absolute atomic E-state index is 12.6. The molecule has 0 saturated heterocycles. The van der Waals surface area contributed by atoms with Crippen molar-refractivity contribution in [3.63, 3.8) is 0 Å². The number of aryl methyl sites for hydroxylation is 1. The molecule has 1 aromatic heterocycles. The zero-order chi connectivity index (χ0) is 16.9. The number of carbonyl (C=O) groups excluding carboxylic acids is 1. The quantitative estimate of drug-likeness (QED) is 0.691. The highest BCUT2D eigenvalue weighted by Gasteiger charge is 2.18. The summed E-state index contributed by atoms with van der Waals surface area (Å²) in [6.07, 6.45) is 0.770. The molecule has 0 unspecified atom stereocenters. The zero-order valence-electron chi connectivity index (χ0n) is 13.8. The van der Waals surface area contributed by atoms with Gasteiger partial charge in [-0.2, -0.15) is 0 Å². The summed E-state index contributed by atoms with van der Waals surface area (Å²) < 4.78 is 0. The standard InChI is InChI=1S/C20H20N2OS/c1-3-18(15-7-5-4-6-8-15)20(23)22-17-11-9-16(10-12-17)19-13-24-14(2)21-19/h4-13,18H,3H2,1-2H3,(H,22,23)/t18-/m1/s1. The molecule has 3 rings (SSSR count). The summed E-state index contributed by atoms with van der Waals surface area (Å²) in [6, 6.07) is 17.8. The predicted octanol–water partition coefficient (Wildman–Crippen LogP) is 5.25. The Morgan fingerprint density at radius 2 is 1.83 bits per heavy atom. The van der Waals surface area contributed by atoms with Gasteiger partial charge in [-0.1, -0.05) is 49.4 Å². The lowest BCUT2D eigenvalue weighted by Crippen LogP contribution is -2.20. The molecule has 0 aliphatic heterocycles. The molecule has 3 aromatic rings. The van der Waals surface area contributed by atoms with Gasteiger partial charge in [-0.05, 0) is 31.0 Å². The number of nitrogens with one attached hydrogen (secondary N) is 1. The molecule has 1 N–H and O–H groups in total. The number of hydrogen-bond acceptors (Lipinski definition) is 3. The number of hydrogen-bond donors (Lipinski definition) is 1. The first-order valence-electron chi connectivity index (χ1n) is 8.05. The average molecular weight is 336 g/mol. The Kier molecular flexibility index (Phi) is 5.06. The third-order valence-corrected chi connectivity index (χ3v) is 4.77. The smallest absolute Gasteiger partial charge is 0.231 e. The SMILES string of the molecule is CC[C@@H](C(=O)Nc1ccc(-c2csc(C)n2)cc1)c1ccccc1. The summed E-state index contributed by atoms with van der Waals surface area (Å²) >= 11 is 1.64. The van der Waals surface area contributed by atoms with Crippen molar-refractivity contribution in [2.45, 2.75) is 26.2 Å². The van der Waals surface area contributed by atoms with Crippen molar-refractivity contribution in [1.82, 2.24) is 4.98 Å². The van der Waals surface area contributed by atoms with Crippen molar-refractivity contribution in [1.29, 1.82) is 0 Å². The van der Waals surface area contributed by atoms with E-state index >= 15 is 0 Å². The number of benzene rings is 2. The van der Waals surface area contributed by atoms with Crippen LogP contribution in [0.15, 0.2) is 60.0 Å². The highest BCUT2D eigenvalue weighted by Crippen LogP contribution is 2.25. The van der Waals surface area contributed by atoms with E-state index in [1.165, 1.54) is 0 Å². The summed E-state index contributed by atoms with van der Waals surface area (Å²) in [5, 5.41) is 6.12. The van der Waals surface area contributed by atoms with Crippen LogP contribution < -0.4 is 5.32 Å². The lowest BCUT2D eigenvalue weighted by Gasteiger charge is -2.15. The fourth-order valence-corrected chi connectivity index (χ4v) is 3.33. The Morgan fingerprint density at radius 3 is 2.42 bits per heavy atom. The molecule has 3 nitrogen and oxygen atoms in total. The fourth-order valence-electron chi connectivity index (χ4n) is 2.71. The van der Waals surface area contributed by atoms with Gasteiger partial charge in [0.15, 0.2) is 0 Å². The molecule has 1 atom stereocenters. The molecule has 0 aliphatic rings. The van der Waals surface area contributed by atoms with Crippen molar-refractivity contribution in [3.8, 4) is 11.3 Å². The van der Waals surface area contributed by atoms with E-state index in [0.29, 0.717) is 0 Å². The number of carbonyl (C=O) groups is 1. The van der Waals surface area contributed by atoms with Crippen LogP contribution in [0.2, 0.25) is 0 Å². The molecule has 24 heavy (non-hydrogen) atoms. The van der Waals surface area contributed by atoms with Crippen LogP contribution in [0.4, 0.5) is 5.69 Å². The van der Waals surface area contributed by atoms with Crippen LogP contribution in [-0.2, 0) is 4.79 Å². The first-order valence-corrected chi connectivity index (χ1v) is 8.93. The molecule has 0 aliphatic carbocycles. The third kappa shape index (κ3) is 3.71. The van der Waals surface area contributed by atoms with Gasteiger partial charge in [-0.15, -0.1) is 11.3 Å². The van der Waals surface area contributed by atoms with Crippen LogP contribution >= 0.6 is 11.3 Å². The second-order valence-electron chi connectivity index (χ2n) is 5.69. The molecule has 4 heteroatoms. The van der Waals surface area contributed by atoms with E-state index in [2.05, 4.69) is 10.3 Å². The van der Waals surface area contributed by atoms with Crippen LogP contribution in [0.25, 0.3) is 11.3 Å².